The van der Waals surface area contributed by atoms with Crippen molar-refractivity contribution in [2.75, 3.05) is 5.32 Å². The Morgan fingerprint density at radius 3 is 2.15 bits per heavy atom. The van der Waals surface area contributed by atoms with Crippen molar-refractivity contribution < 1.29 is 4.42 Å². The van der Waals surface area contributed by atoms with Gasteiger partial charge in [-0.1, -0.05) is 78.9 Å². The number of para-hydroxylation sites is 3. The van der Waals surface area contributed by atoms with E-state index in [-0.39, 0.29) is 11.0 Å². The van der Waals surface area contributed by atoms with Crippen molar-refractivity contribution in [2.45, 2.75) is 26.3 Å². The zero-order valence-electron chi connectivity index (χ0n) is 23.1. The topological polar surface area (TPSA) is 72.4 Å². The SMILES string of the molecule is CC(C)(C)Nc1c(-c2ccc(-c3cc(=O)c4ccccc4o3)cc2)nc2c(-c3ccccc3)nc3ccccc3n12. The minimum absolute atomic E-state index is 0.0595. The van der Waals surface area contributed by atoms with E-state index in [4.69, 9.17) is 14.4 Å². The third-order valence-electron chi connectivity index (χ3n) is 7.06. The van der Waals surface area contributed by atoms with Gasteiger partial charge in [-0.2, -0.15) is 0 Å². The van der Waals surface area contributed by atoms with Gasteiger partial charge in [-0.3, -0.25) is 9.20 Å². The number of benzene rings is 4. The molecule has 0 aliphatic carbocycles. The Balaban J connectivity index is 1.44. The molecule has 1 N–H and O–H groups in total. The van der Waals surface area contributed by atoms with Crippen LogP contribution in [-0.2, 0) is 0 Å². The van der Waals surface area contributed by atoms with Crippen molar-refractivity contribution in [2.24, 2.45) is 0 Å². The fourth-order valence-corrected chi connectivity index (χ4v) is 5.23. The number of hydrogen-bond acceptors (Lipinski definition) is 5. The van der Waals surface area contributed by atoms with E-state index in [2.05, 4.69) is 48.7 Å². The smallest absolute Gasteiger partial charge is 0.193 e. The van der Waals surface area contributed by atoms with Crippen LogP contribution in [0.3, 0.4) is 0 Å². The van der Waals surface area contributed by atoms with Gasteiger partial charge in [0.1, 0.15) is 28.5 Å². The summed E-state index contributed by atoms with van der Waals surface area (Å²) >= 11 is 0. The number of aromatic nitrogens is 3. The minimum Gasteiger partial charge on any atom is -0.456 e. The second kappa shape index (κ2) is 9.45. The Labute approximate surface area is 236 Å². The van der Waals surface area contributed by atoms with Crippen molar-refractivity contribution in [1.82, 2.24) is 14.4 Å². The monoisotopic (exact) mass is 536 g/mol. The van der Waals surface area contributed by atoms with Crippen molar-refractivity contribution in [1.29, 1.82) is 0 Å². The Hall–Kier alpha value is -5.23. The van der Waals surface area contributed by atoms with E-state index in [0.29, 0.717) is 16.7 Å². The van der Waals surface area contributed by atoms with Gasteiger partial charge in [-0.05, 0) is 45.0 Å². The fourth-order valence-electron chi connectivity index (χ4n) is 5.23. The molecule has 7 aromatic rings. The highest BCUT2D eigenvalue weighted by molar-refractivity contribution is 5.92. The molecule has 41 heavy (non-hydrogen) atoms. The van der Waals surface area contributed by atoms with Crippen LogP contribution in [0.5, 0.6) is 0 Å². The molecule has 0 saturated heterocycles. The standard InChI is InChI=1S/C35H28N4O2/c1-35(2,3)38-34-32(24-19-17-22(18-20-24)30-21-28(40)25-13-7-10-16-29(25)41-30)37-33-31(23-11-5-4-6-12-23)36-26-14-8-9-15-27(26)39(33)34/h4-21,38H,1-3H3. The van der Waals surface area contributed by atoms with Crippen molar-refractivity contribution >= 4 is 33.5 Å². The third kappa shape index (κ3) is 4.43. The summed E-state index contributed by atoms with van der Waals surface area (Å²) in [5.74, 6) is 1.43. The van der Waals surface area contributed by atoms with Gasteiger partial charge in [-0.25, -0.2) is 9.97 Å². The molecule has 0 unspecified atom stereocenters. The van der Waals surface area contributed by atoms with E-state index < -0.39 is 0 Å². The first-order valence-electron chi connectivity index (χ1n) is 13.6. The van der Waals surface area contributed by atoms with Gasteiger partial charge in [0.05, 0.1) is 16.4 Å². The molecule has 6 heteroatoms. The molecule has 200 valence electrons. The summed E-state index contributed by atoms with van der Waals surface area (Å²) in [5.41, 5.74) is 7.34. The van der Waals surface area contributed by atoms with Gasteiger partial charge in [0.2, 0.25) is 0 Å². The molecule has 0 aliphatic heterocycles. The lowest BCUT2D eigenvalue weighted by Gasteiger charge is -2.23. The molecule has 4 aromatic carbocycles. The summed E-state index contributed by atoms with van der Waals surface area (Å²) < 4.78 is 8.27. The Morgan fingerprint density at radius 2 is 1.37 bits per heavy atom. The lowest BCUT2D eigenvalue weighted by molar-refractivity contribution is 0.619. The van der Waals surface area contributed by atoms with Gasteiger partial charge < -0.3 is 9.73 Å². The average Bonchev–Trinajstić information content (AvgIpc) is 3.35. The molecule has 0 spiro atoms. The first-order chi connectivity index (χ1) is 19.9. The molecule has 0 bridgehead atoms. The predicted octanol–water partition coefficient (Wildman–Crippen LogP) is 8.20. The van der Waals surface area contributed by atoms with Gasteiger partial charge in [0, 0.05) is 28.3 Å². The number of nitrogens with zero attached hydrogens (tertiary/aromatic N) is 3. The zero-order chi connectivity index (χ0) is 28.1. The molecular weight excluding hydrogens is 508 g/mol. The van der Waals surface area contributed by atoms with E-state index in [1.54, 1.807) is 12.1 Å². The van der Waals surface area contributed by atoms with Crippen LogP contribution in [-0.4, -0.2) is 19.9 Å². The molecule has 0 saturated carbocycles. The van der Waals surface area contributed by atoms with Crippen LogP contribution >= 0.6 is 0 Å². The molecule has 6 nitrogen and oxygen atoms in total. The van der Waals surface area contributed by atoms with Crippen LogP contribution in [0, 0.1) is 0 Å². The van der Waals surface area contributed by atoms with Crippen molar-refractivity contribution in [3.8, 4) is 33.8 Å². The van der Waals surface area contributed by atoms with Gasteiger partial charge in [0.15, 0.2) is 11.1 Å². The molecule has 0 radical (unpaired) electrons. The largest absolute Gasteiger partial charge is 0.456 e. The number of imidazole rings is 1. The van der Waals surface area contributed by atoms with Crippen molar-refractivity contribution in [3.63, 3.8) is 0 Å². The fraction of sp³-hybridized carbons (Fsp3) is 0.114. The molecule has 7 rings (SSSR count). The Morgan fingerprint density at radius 1 is 0.707 bits per heavy atom. The van der Waals surface area contributed by atoms with E-state index in [1.165, 1.54) is 0 Å². The van der Waals surface area contributed by atoms with Crippen LogP contribution in [0.4, 0.5) is 5.82 Å². The molecule has 0 aliphatic rings. The van der Waals surface area contributed by atoms with Gasteiger partial charge in [-0.15, -0.1) is 0 Å². The van der Waals surface area contributed by atoms with E-state index >= 15 is 0 Å². The molecule has 0 amide bonds. The summed E-state index contributed by atoms with van der Waals surface area (Å²) in [5, 5.41) is 4.30. The summed E-state index contributed by atoms with van der Waals surface area (Å²) in [4.78, 5) is 23.0. The highest BCUT2D eigenvalue weighted by Crippen LogP contribution is 2.37. The summed E-state index contributed by atoms with van der Waals surface area (Å²) in [6, 6.07) is 35.2. The highest BCUT2D eigenvalue weighted by atomic mass is 16.3. The van der Waals surface area contributed by atoms with Crippen molar-refractivity contribution in [3.05, 3.63) is 119 Å². The summed E-state index contributed by atoms with van der Waals surface area (Å²) in [6.07, 6.45) is 0. The van der Waals surface area contributed by atoms with Crippen LogP contribution in [0.25, 0.3) is 61.5 Å². The molecule has 0 fully saturated rings. The summed E-state index contributed by atoms with van der Waals surface area (Å²) in [7, 11) is 0. The van der Waals surface area contributed by atoms with Gasteiger partial charge >= 0.3 is 0 Å². The normalized spacial score (nSPS) is 11.9. The quantitative estimate of drug-likeness (QED) is 0.245. The van der Waals surface area contributed by atoms with Crippen LogP contribution < -0.4 is 10.7 Å². The first-order valence-corrected chi connectivity index (χ1v) is 13.6. The maximum absolute atomic E-state index is 12.7. The Bertz CT molecular complexity index is 2120. The lowest BCUT2D eigenvalue weighted by atomic mass is 10.1. The van der Waals surface area contributed by atoms with Crippen LogP contribution in [0.15, 0.2) is 118 Å². The highest BCUT2D eigenvalue weighted by Gasteiger charge is 2.24. The lowest BCUT2D eigenvalue weighted by Crippen LogP contribution is -2.27. The van der Waals surface area contributed by atoms with E-state index in [1.807, 2.05) is 78.9 Å². The number of hydrogen-bond donors (Lipinski definition) is 1. The van der Waals surface area contributed by atoms with Crippen LogP contribution in [0.1, 0.15) is 20.8 Å². The third-order valence-corrected chi connectivity index (χ3v) is 7.06. The molecule has 0 atom stereocenters. The molecular formula is C35H28N4O2. The zero-order valence-corrected chi connectivity index (χ0v) is 23.1. The maximum Gasteiger partial charge on any atom is 0.193 e. The second-order valence-electron chi connectivity index (χ2n) is 11.2. The first kappa shape index (κ1) is 24.8. The molecule has 3 heterocycles. The number of fused-ring (bicyclic) bond motifs is 4. The van der Waals surface area contributed by atoms with E-state index in [9.17, 15) is 4.79 Å². The van der Waals surface area contributed by atoms with Crippen LogP contribution in [0.2, 0.25) is 0 Å². The summed E-state index contributed by atoms with van der Waals surface area (Å²) in [6.45, 7) is 6.42. The number of anilines is 1. The maximum atomic E-state index is 12.7. The average molecular weight is 537 g/mol. The molecule has 3 aromatic heterocycles. The number of rotatable bonds is 4. The second-order valence-corrected chi connectivity index (χ2v) is 11.2. The number of nitrogens with one attached hydrogen (secondary N) is 1. The minimum atomic E-state index is -0.226. The Kier molecular flexibility index (Phi) is 5.71. The van der Waals surface area contributed by atoms with Gasteiger partial charge in [0.25, 0.3) is 0 Å². The predicted molar refractivity (Wildman–Crippen MR) is 166 cm³/mol. The van der Waals surface area contributed by atoms with E-state index in [0.717, 1.165) is 50.6 Å².